The molecule has 0 heterocycles. The molecule has 0 fully saturated rings. The van der Waals surface area contributed by atoms with Gasteiger partial charge in [-0.2, -0.15) is 0 Å². The lowest BCUT2D eigenvalue weighted by molar-refractivity contribution is -0.119. The minimum absolute atomic E-state index is 0.105. The monoisotopic (exact) mass is 344 g/mol. The predicted molar refractivity (Wildman–Crippen MR) is 92.7 cm³/mol. The van der Waals surface area contributed by atoms with E-state index in [2.05, 4.69) is 5.32 Å². The Bertz CT molecular complexity index is 760. The molecule has 1 N–H and O–H groups in total. The van der Waals surface area contributed by atoms with Crippen molar-refractivity contribution in [2.45, 2.75) is 20.0 Å². The van der Waals surface area contributed by atoms with Crippen molar-refractivity contribution < 1.29 is 18.7 Å². The number of nitrogens with one attached hydrogen (secondary N) is 1. The quantitative estimate of drug-likeness (QED) is 0.877. The highest BCUT2D eigenvalue weighted by molar-refractivity contribution is 5.94. The van der Waals surface area contributed by atoms with E-state index in [-0.39, 0.29) is 24.1 Å². The SMILES string of the molecule is COc1ccc(CN(C)C(=O)c2ccc(CNC(C)=O)cc2)cc1F. The maximum atomic E-state index is 13.7. The van der Waals surface area contributed by atoms with Crippen LogP contribution in [0.3, 0.4) is 0 Å². The fourth-order valence-corrected chi connectivity index (χ4v) is 2.37. The number of halogens is 1. The first-order chi connectivity index (χ1) is 11.9. The van der Waals surface area contributed by atoms with Gasteiger partial charge in [-0.3, -0.25) is 9.59 Å². The molecule has 0 spiro atoms. The van der Waals surface area contributed by atoms with E-state index >= 15 is 0 Å². The lowest BCUT2D eigenvalue weighted by Gasteiger charge is -2.18. The molecule has 0 aliphatic heterocycles. The van der Waals surface area contributed by atoms with Crippen molar-refractivity contribution >= 4 is 11.8 Å². The van der Waals surface area contributed by atoms with E-state index in [4.69, 9.17) is 4.74 Å². The molecule has 0 aliphatic rings. The van der Waals surface area contributed by atoms with Gasteiger partial charge in [-0.05, 0) is 35.4 Å². The first-order valence-corrected chi connectivity index (χ1v) is 7.82. The molecule has 0 radical (unpaired) electrons. The Hall–Kier alpha value is -2.89. The molecule has 0 aromatic heterocycles. The standard InChI is InChI=1S/C19H21FN2O3/c1-13(23)21-11-14-4-7-16(8-5-14)19(24)22(2)12-15-6-9-18(25-3)17(20)10-15/h4-10H,11-12H2,1-3H3,(H,21,23). The van der Waals surface area contributed by atoms with Crippen LogP contribution in [0.2, 0.25) is 0 Å². The second-order valence-corrected chi connectivity index (χ2v) is 5.74. The summed E-state index contributed by atoms with van der Waals surface area (Å²) in [7, 11) is 3.07. The van der Waals surface area contributed by atoms with Crippen LogP contribution in [-0.4, -0.2) is 30.9 Å². The number of methoxy groups -OCH3 is 1. The lowest BCUT2D eigenvalue weighted by Crippen LogP contribution is -2.26. The molecule has 132 valence electrons. The van der Waals surface area contributed by atoms with Crippen molar-refractivity contribution in [3.8, 4) is 5.75 Å². The van der Waals surface area contributed by atoms with E-state index in [0.717, 1.165) is 5.56 Å². The smallest absolute Gasteiger partial charge is 0.253 e. The van der Waals surface area contributed by atoms with Crippen LogP contribution >= 0.6 is 0 Å². The second-order valence-electron chi connectivity index (χ2n) is 5.74. The molecule has 6 heteroatoms. The summed E-state index contributed by atoms with van der Waals surface area (Å²) in [6, 6.07) is 11.6. The first kappa shape index (κ1) is 18.4. The Kier molecular flexibility index (Phi) is 6.11. The van der Waals surface area contributed by atoms with Gasteiger partial charge in [-0.1, -0.05) is 18.2 Å². The largest absolute Gasteiger partial charge is 0.494 e. The van der Waals surface area contributed by atoms with Gasteiger partial charge in [-0.25, -0.2) is 4.39 Å². The van der Waals surface area contributed by atoms with E-state index in [9.17, 15) is 14.0 Å². The zero-order chi connectivity index (χ0) is 18.4. The van der Waals surface area contributed by atoms with Crippen LogP contribution in [0.25, 0.3) is 0 Å². The zero-order valence-corrected chi connectivity index (χ0v) is 14.5. The molecule has 0 bridgehead atoms. The first-order valence-electron chi connectivity index (χ1n) is 7.82. The molecular formula is C19H21FN2O3. The number of amides is 2. The maximum absolute atomic E-state index is 13.7. The van der Waals surface area contributed by atoms with Gasteiger partial charge in [0.05, 0.1) is 7.11 Å². The van der Waals surface area contributed by atoms with Gasteiger partial charge >= 0.3 is 0 Å². The lowest BCUT2D eigenvalue weighted by atomic mass is 10.1. The van der Waals surface area contributed by atoms with Crippen molar-refractivity contribution in [2.75, 3.05) is 14.2 Å². The highest BCUT2D eigenvalue weighted by atomic mass is 19.1. The Morgan fingerprint density at radius 2 is 1.76 bits per heavy atom. The number of carbonyl (C=O) groups excluding carboxylic acids is 2. The highest BCUT2D eigenvalue weighted by Gasteiger charge is 2.13. The fraction of sp³-hybridized carbons (Fsp3) is 0.263. The van der Waals surface area contributed by atoms with E-state index in [1.54, 1.807) is 43.4 Å². The average molecular weight is 344 g/mol. The third kappa shape index (κ3) is 5.04. The molecule has 0 saturated carbocycles. The van der Waals surface area contributed by atoms with E-state index in [0.29, 0.717) is 17.7 Å². The maximum Gasteiger partial charge on any atom is 0.253 e. The minimum Gasteiger partial charge on any atom is -0.494 e. The predicted octanol–water partition coefficient (Wildman–Crippen LogP) is 2.74. The Labute approximate surface area is 146 Å². The van der Waals surface area contributed by atoms with Crippen LogP contribution in [0.5, 0.6) is 5.75 Å². The number of hydrogen-bond donors (Lipinski definition) is 1. The van der Waals surface area contributed by atoms with E-state index < -0.39 is 5.82 Å². The topological polar surface area (TPSA) is 58.6 Å². The van der Waals surface area contributed by atoms with Crippen LogP contribution in [0, 0.1) is 5.82 Å². The third-order valence-electron chi connectivity index (χ3n) is 3.72. The van der Waals surface area contributed by atoms with E-state index in [1.165, 1.54) is 25.0 Å². The molecule has 2 aromatic carbocycles. The molecule has 2 amide bonds. The number of ether oxygens (including phenoxy) is 1. The molecule has 0 saturated heterocycles. The summed E-state index contributed by atoms with van der Waals surface area (Å²) in [5.41, 5.74) is 2.12. The molecule has 0 atom stereocenters. The van der Waals surface area contributed by atoms with Gasteiger partial charge in [0.15, 0.2) is 11.6 Å². The highest BCUT2D eigenvalue weighted by Crippen LogP contribution is 2.19. The Morgan fingerprint density at radius 3 is 2.32 bits per heavy atom. The summed E-state index contributed by atoms with van der Waals surface area (Å²) in [5.74, 6) is -0.551. The second kappa shape index (κ2) is 8.28. The van der Waals surface area contributed by atoms with Gasteiger partial charge in [0.2, 0.25) is 5.91 Å². The third-order valence-corrected chi connectivity index (χ3v) is 3.72. The van der Waals surface area contributed by atoms with Crippen LogP contribution in [-0.2, 0) is 17.9 Å². The molecule has 2 rings (SSSR count). The van der Waals surface area contributed by atoms with Crippen LogP contribution in [0.4, 0.5) is 4.39 Å². The summed E-state index contributed by atoms with van der Waals surface area (Å²) in [5, 5.41) is 2.70. The summed E-state index contributed by atoms with van der Waals surface area (Å²) < 4.78 is 18.6. The van der Waals surface area contributed by atoms with Crippen molar-refractivity contribution in [1.29, 1.82) is 0 Å². The molecule has 2 aromatic rings. The molecule has 0 unspecified atom stereocenters. The van der Waals surface area contributed by atoms with Gasteiger partial charge in [0.1, 0.15) is 0 Å². The van der Waals surface area contributed by atoms with Crippen LogP contribution in [0.1, 0.15) is 28.4 Å². The van der Waals surface area contributed by atoms with Gasteiger partial charge in [0.25, 0.3) is 5.91 Å². The van der Waals surface area contributed by atoms with Crippen molar-refractivity contribution in [3.63, 3.8) is 0 Å². The summed E-state index contributed by atoms with van der Waals surface area (Å²) in [4.78, 5) is 24.9. The number of carbonyl (C=O) groups is 2. The Balaban J connectivity index is 2.01. The summed E-state index contributed by atoms with van der Waals surface area (Å²) >= 11 is 0. The van der Waals surface area contributed by atoms with Gasteiger partial charge in [-0.15, -0.1) is 0 Å². The minimum atomic E-state index is -0.455. The number of hydrogen-bond acceptors (Lipinski definition) is 3. The average Bonchev–Trinajstić information content (AvgIpc) is 2.60. The van der Waals surface area contributed by atoms with Gasteiger partial charge < -0.3 is 15.0 Å². The van der Waals surface area contributed by atoms with Crippen LogP contribution in [0.15, 0.2) is 42.5 Å². The molecule has 5 nitrogen and oxygen atoms in total. The normalized spacial score (nSPS) is 10.2. The number of benzene rings is 2. The van der Waals surface area contributed by atoms with E-state index in [1.807, 2.05) is 0 Å². The number of nitrogens with zero attached hydrogens (tertiary/aromatic N) is 1. The molecular weight excluding hydrogens is 323 g/mol. The summed E-state index contributed by atoms with van der Waals surface area (Å²) in [6.45, 7) is 2.16. The molecule has 25 heavy (non-hydrogen) atoms. The Morgan fingerprint density at radius 1 is 1.12 bits per heavy atom. The van der Waals surface area contributed by atoms with Crippen LogP contribution < -0.4 is 10.1 Å². The van der Waals surface area contributed by atoms with Crippen molar-refractivity contribution in [1.82, 2.24) is 10.2 Å². The summed E-state index contributed by atoms with van der Waals surface area (Å²) in [6.07, 6.45) is 0. The van der Waals surface area contributed by atoms with Crippen molar-refractivity contribution in [3.05, 3.63) is 65.0 Å². The number of rotatable bonds is 6. The zero-order valence-electron chi connectivity index (χ0n) is 14.5. The fourth-order valence-electron chi connectivity index (χ4n) is 2.37. The molecule has 0 aliphatic carbocycles. The van der Waals surface area contributed by atoms with Crippen molar-refractivity contribution in [2.24, 2.45) is 0 Å². The van der Waals surface area contributed by atoms with Gasteiger partial charge in [0, 0.05) is 32.6 Å².